The van der Waals surface area contributed by atoms with Gasteiger partial charge < -0.3 is 15.1 Å². The summed E-state index contributed by atoms with van der Waals surface area (Å²) in [4.78, 5) is 22.8. The van der Waals surface area contributed by atoms with Gasteiger partial charge in [0, 0.05) is 0 Å². The van der Waals surface area contributed by atoms with Crippen molar-refractivity contribution < 1.29 is 14.0 Å². The molecule has 2 aromatic rings. The summed E-state index contributed by atoms with van der Waals surface area (Å²) in [6.45, 7) is 22.7. The molecule has 2 aromatic carbocycles. The summed E-state index contributed by atoms with van der Waals surface area (Å²) < 4.78 is 6.37. The van der Waals surface area contributed by atoms with Crippen LogP contribution in [0.4, 0.5) is 0 Å². The minimum absolute atomic E-state index is 0.107. The van der Waals surface area contributed by atoms with Crippen LogP contribution in [0.1, 0.15) is 52.7 Å². The van der Waals surface area contributed by atoms with Crippen LogP contribution in [-0.4, -0.2) is 29.2 Å². The molecule has 0 spiro atoms. The number of carbonyl (C=O) groups is 2. The van der Waals surface area contributed by atoms with Crippen LogP contribution in [0.15, 0.2) is 59.9 Å². The molecule has 0 unspecified atom stereocenters. The summed E-state index contributed by atoms with van der Waals surface area (Å²) in [7, 11) is -3.58. The first-order valence-electron chi connectivity index (χ1n) is 12.8. The van der Waals surface area contributed by atoms with E-state index in [9.17, 15) is 9.59 Å². The van der Waals surface area contributed by atoms with E-state index in [1.54, 1.807) is 0 Å². The maximum Gasteiger partial charge on any atom is 0.250 e. The average Bonchev–Trinajstić information content (AvgIpc) is 2.78. The molecule has 200 valence electrons. The first-order valence-corrected chi connectivity index (χ1v) is 18.7. The Labute approximate surface area is 225 Å². The molecule has 2 rings (SSSR count). The van der Waals surface area contributed by atoms with Gasteiger partial charge in [0.15, 0.2) is 0 Å². The molecule has 0 radical (unpaired) electrons. The Hall–Kier alpha value is -2.91. The van der Waals surface area contributed by atoms with E-state index in [1.807, 2.05) is 36.4 Å². The first kappa shape index (κ1) is 30.3. The number of rotatable bonds is 10. The van der Waals surface area contributed by atoms with Crippen LogP contribution < -0.4 is 20.2 Å². The second kappa shape index (κ2) is 11.6. The molecule has 2 amide bonds. The van der Waals surface area contributed by atoms with Gasteiger partial charge in [-0.15, -0.1) is 0 Å². The number of amides is 2. The molecule has 37 heavy (non-hydrogen) atoms. The van der Waals surface area contributed by atoms with E-state index in [-0.39, 0.29) is 10.1 Å². The molecular formula is C30H44N2O3Si2. The van der Waals surface area contributed by atoms with Gasteiger partial charge in [0.05, 0.1) is 19.5 Å². The van der Waals surface area contributed by atoms with E-state index in [0.717, 1.165) is 16.9 Å². The smallest absolute Gasteiger partial charge is 0.250 e. The predicted octanol–water partition coefficient (Wildman–Crippen LogP) is 6.66. The Morgan fingerprint density at radius 3 is 1.43 bits per heavy atom. The lowest BCUT2D eigenvalue weighted by molar-refractivity contribution is -0.110. The van der Waals surface area contributed by atoms with Crippen LogP contribution in [0.2, 0.25) is 36.3 Å². The van der Waals surface area contributed by atoms with Crippen LogP contribution in [0.25, 0.3) is 12.2 Å². The van der Waals surface area contributed by atoms with Crippen molar-refractivity contribution in [3.05, 3.63) is 71.1 Å². The molecule has 0 aliphatic carbocycles. The van der Waals surface area contributed by atoms with Crippen molar-refractivity contribution in [3.8, 4) is 5.75 Å². The van der Waals surface area contributed by atoms with Crippen molar-refractivity contribution in [3.63, 3.8) is 0 Å². The Balaban J connectivity index is 2.38. The molecule has 0 fully saturated rings. The average molecular weight is 537 g/mol. The van der Waals surface area contributed by atoms with Crippen molar-refractivity contribution in [1.29, 1.82) is 0 Å². The molecule has 0 atom stereocenters. The Kier molecular flexibility index (Phi) is 9.55. The monoisotopic (exact) mass is 536 g/mol. The van der Waals surface area contributed by atoms with Gasteiger partial charge in [-0.3, -0.25) is 9.59 Å². The van der Waals surface area contributed by atoms with Gasteiger partial charge in [-0.1, -0.05) is 96.2 Å². The molecule has 0 aliphatic heterocycles. The van der Waals surface area contributed by atoms with E-state index < -0.39 is 16.4 Å². The molecule has 0 aromatic heterocycles. The number of carbonyl (C=O) groups excluding carboxylic acids is 2. The van der Waals surface area contributed by atoms with Gasteiger partial charge in [0.2, 0.25) is 21.1 Å². The quantitative estimate of drug-likeness (QED) is 0.203. The van der Waals surface area contributed by atoms with Crippen molar-refractivity contribution >= 4 is 46.6 Å². The van der Waals surface area contributed by atoms with Crippen LogP contribution in [0, 0.1) is 0 Å². The Morgan fingerprint density at radius 2 is 1.08 bits per heavy atom. The van der Waals surface area contributed by atoms with Crippen molar-refractivity contribution in [1.82, 2.24) is 10.6 Å². The lowest BCUT2D eigenvalue weighted by atomic mass is 10.1. The molecule has 0 saturated carbocycles. The SMILES string of the molecule is CC(C)(C)[Si](C)(C)Oc1ccc(/C=C(NC=O)/C(=C/c2ccc([Si](C)(C)C(C)(C)C)cc2)NC=O)cc1. The van der Waals surface area contributed by atoms with Crippen LogP contribution in [0.5, 0.6) is 5.75 Å². The lowest BCUT2D eigenvalue weighted by Crippen LogP contribution is -2.49. The van der Waals surface area contributed by atoms with Crippen molar-refractivity contribution in [2.75, 3.05) is 0 Å². The highest BCUT2D eigenvalue weighted by atomic mass is 28.4. The third-order valence-electron chi connectivity index (χ3n) is 7.91. The fourth-order valence-electron chi connectivity index (χ4n) is 3.36. The molecule has 7 heteroatoms. The number of hydrogen-bond acceptors (Lipinski definition) is 3. The zero-order valence-corrected chi connectivity index (χ0v) is 26.2. The minimum atomic E-state index is -1.94. The van der Waals surface area contributed by atoms with E-state index >= 15 is 0 Å². The maximum atomic E-state index is 11.4. The molecule has 0 bridgehead atoms. The van der Waals surface area contributed by atoms with Gasteiger partial charge in [0.25, 0.3) is 0 Å². The van der Waals surface area contributed by atoms with Gasteiger partial charge >= 0.3 is 0 Å². The molecular weight excluding hydrogens is 493 g/mol. The predicted molar refractivity (Wildman–Crippen MR) is 162 cm³/mol. The van der Waals surface area contributed by atoms with E-state index in [0.29, 0.717) is 24.2 Å². The zero-order valence-electron chi connectivity index (χ0n) is 24.2. The molecule has 0 heterocycles. The summed E-state index contributed by atoms with van der Waals surface area (Å²) in [5.74, 6) is 0.831. The Morgan fingerprint density at radius 1 is 0.676 bits per heavy atom. The van der Waals surface area contributed by atoms with Crippen LogP contribution in [0.3, 0.4) is 0 Å². The number of benzene rings is 2. The van der Waals surface area contributed by atoms with Gasteiger partial charge in [-0.2, -0.15) is 0 Å². The van der Waals surface area contributed by atoms with Gasteiger partial charge in [0.1, 0.15) is 5.75 Å². The summed E-state index contributed by atoms with van der Waals surface area (Å²) in [6, 6.07) is 16.3. The van der Waals surface area contributed by atoms with E-state index in [1.165, 1.54) is 5.19 Å². The molecule has 0 saturated heterocycles. The highest BCUT2D eigenvalue weighted by Crippen LogP contribution is 2.37. The fourth-order valence-corrected chi connectivity index (χ4v) is 6.26. The minimum Gasteiger partial charge on any atom is -0.544 e. The largest absolute Gasteiger partial charge is 0.544 e. The third kappa shape index (κ3) is 7.79. The van der Waals surface area contributed by atoms with Crippen LogP contribution >= 0.6 is 0 Å². The standard InChI is InChI=1S/C30H44N2O3Si2/c1-29(2,3)36(7,8)26-17-13-24(14-18-26)20-28(32-22-34)27(31-21-33)19-23-11-15-25(16-12-23)35-37(9,10)30(4,5)6/h11-22H,1-10H3,(H,31,33)(H,32,34)/b27-19-,28-20-. The second-order valence-corrected chi connectivity index (χ2v) is 22.6. The van der Waals surface area contributed by atoms with Gasteiger partial charge in [-0.05, 0) is 58.6 Å². The zero-order chi connectivity index (χ0) is 28.1. The maximum absolute atomic E-state index is 11.4. The fraction of sp³-hybridized carbons (Fsp3) is 0.400. The summed E-state index contributed by atoms with van der Waals surface area (Å²) in [5.41, 5.74) is 2.81. The van der Waals surface area contributed by atoms with E-state index in [4.69, 9.17) is 4.43 Å². The van der Waals surface area contributed by atoms with Gasteiger partial charge in [-0.25, -0.2) is 0 Å². The van der Waals surface area contributed by atoms with Crippen molar-refractivity contribution in [2.45, 2.75) is 77.8 Å². The molecule has 5 nitrogen and oxygen atoms in total. The third-order valence-corrected chi connectivity index (χ3v) is 17.8. The number of hydrogen-bond donors (Lipinski definition) is 2. The number of nitrogens with one attached hydrogen (secondary N) is 2. The topological polar surface area (TPSA) is 67.4 Å². The van der Waals surface area contributed by atoms with Crippen LogP contribution in [-0.2, 0) is 9.59 Å². The Bertz CT molecular complexity index is 1140. The highest BCUT2D eigenvalue weighted by Gasteiger charge is 2.39. The second-order valence-electron chi connectivity index (χ2n) is 12.6. The summed E-state index contributed by atoms with van der Waals surface area (Å²) in [6.07, 6.45) is 4.92. The first-order chi connectivity index (χ1) is 17.0. The molecule has 0 aliphatic rings. The summed E-state index contributed by atoms with van der Waals surface area (Å²) in [5, 5.41) is 7.21. The van der Waals surface area contributed by atoms with E-state index in [2.05, 4.69) is 103 Å². The lowest BCUT2D eigenvalue weighted by Gasteiger charge is -2.37. The molecule has 2 N–H and O–H groups in total. The highest BCUT2D eigenvalue weighted by molar-refractivity contribution is 6.92. The normalized spacial score (nSPS) is 13.7. The summed E-state index contributed by atoms with van der Waals surface area (Å²) >= 11 is 0. The van der Waals surface area contributed by atoms with Crippen molar-refractivity contribution in [2.24, 2.45) is 0 Å².